The molecular formula is C29H24FN7O2. The number of fused-ring (bicyclic) bond motifs is 2. The fourth-order valence-corrected chi connectivity index (χ4v) is 4.69. The van der Waals surface area contributed by atoms with Crippen molar-refractivity contribution in [1.29, 1.82) is 0 Å². The van der Waals surface area contributed by atoms with Crippen LogP contribution in [0.3, 0.4) is 0 Å². The summed E-state index contributed by atoms with van der Waals surface area (Å²) < 4.78 is 14.0. The number of nitrogens with zero attached hydrogens (tertiary/aromatic N) is 4. The lowest BCUT2D eigenvalue weighted by atomic mass is 10.0. The molecule has 0 aliphatic carbocycles. The number of halogens is 1. The number of likely N-dealkylation sites (N-methyl/N-ethyl adjacent to an activating group) is 1. The fraction of sp³-hybridized carbons (Fsp3) is 0.103. The molecule has 0 unspecified atom stereocenters. The number of nitrogens with one attached hydrogen (secondary N) is 3. The molecule has 0 aliphatic rings. The maximum Gasteiger partial charge on any atom is 0.238 e. The van der Waals surface area contributed by atoms with Crippen LogP contribution in [-0.4, -0.2) is 61.7 Å². The number of anilines is 1. The number of carbonyl (C=O) groups excluding carboxylic acids is 1. The Labute approximate surface area is 222 Å². The Hall–Kier alpha value is -5.09. The van der Waals surface area contributed by atoms with Gasteiger partial charge in [0.2, 0.25) is 5.91 Å². The molecule has 6 aromatic rings. The number of hydrogen-bond donors (Lipinski definition) is 4. The molecule has 0 radical (unpaired) electrons. The first-order valence-corrected chi connectivity index (χ1v) is 12.2. The Morgan fingerprint density at radius 3 is 2.69 bits per heavy atom. The summed E-state index contributed by atoms with van der Waals surface area (Å²) in [5.74, 6) is -0.786. The molecule has 194 valence electrons. The molecular weight excluding hydrogens is 497 g/mol. The van der Waals surface area contributed by atoms with Gasteiger partial charge in [-0.15, -0.1) is 0 Å². The second-order valence-corrected chi connectivity index (χ2v) is 9.58. The van der Waals surface area contributed by atoms with Crippen LogP contribution in [0, 0.1) is 5.82 Å². The molecule has 0 saturated carbocycles. The lowest BCUT2D eigenvalue weighted by molar-refractivity contribution is -0.116. The third kappa shape index (κ3) is 4.80. The number of aromatic hydroxyl groups is 1. The zero-order valence-corrected chi connectivity index (χ0v) is 21.2. The number of carbonyl (C=O) groups is 1. The highest BCUT2D eigenvalue weighted by Crippen LogP contribution is 2.35. The molecule has 0 atom stereocenters. The Kier molecular flexibility index (Phi) is 6.01. The van der Waals surface area contributed by atoms with Crippen LogP contribution in [0.25, 0.3) is 55.6 Å². The monoisotopic (exact) mass is 521 g/mol. The highest BCUT2D eigenvalue weighted by molar-refractivity contribution is 6.01. The second kappa shape index (κ2) is 9.66. The van der Waals surface area contributed by atoms with E-state index in [1.54, 1.807) is 29.6 Å². The van der Waals surface area contributed by atoms with Crippen LogP contribution >= 0.6 is 0 Å². The minimum atomic E-state index is -0.521. The van der Waals surface area contributed by atoms with Crippen molar-refractivity contribution in [3.8, 4) is 39.4 Å². The van der Waals surface area contributed by atoms with Crippen LogP contribution in [0.4, 0.5) is 10.1 Å². The van der Waals surface area contributed by atoms with Gasteiger partial charge in [-0.1, -0.05) is 6.07 Å². The Morgan fingerprint density at radius 1 is 1.00 bits per heavy atom. The van der Waals surface area contributed by atoms with Gasteiger partial charge in [0.1, 0.15) is 22.9 Å². The van der Waals surface area contributed by atoms with Gasteiger partial charge in [-0.05, 0) is 73.3 Å². The van der Waals surface area contributed by atoms with Crippen LogP contribution < -0.4 is 5.32 Å². The SMILES string of the molecule is CN(C)CC(=O)Nc1cncc(-c2ccc3[nH]nc(-c4cc5c(-c6cc(O)cc(F)c6)ccnc5[nH]4)c3c2)c1. The lowest BCUT2D eigenvalue weighted by Crippen LogP contribution is -2.27. The zero-order valence-electron chi connectivity index (χ0n) is 21.2. The summed E-state index contributed by atoms with van der Waals surface area (Å²) in [6, 6.07) is 15.5. The molecule has 0 fully saturated rings. The minimum Gasteiger partial charge on any atom is -0.508 e. The number of hydrogen-bond acceptors (Lipinski definition) is 6. The molecule has 6 rings (SSSR count). The average Bonchev–Trinajstić information content (AvgIpc) is 3.51. The number of benzene rings is 2. The maximum absolute atomic E-state index is 14.0. The molecule has 0 bridgehead atoms. The smallest absolute Gasteiger partial charge is 0.238 e. The lowest BCUT2D eigenvalue weighted by Gasteiger charge is -2.11. The Morgan fingerprint density at radius 2 is 1.87 bits per heavy atom. The summed E-state index contributed by atoms with van der Waals surface area (Å²) in [6.07, 6.45) is 5.00. The van der Waals surface area contributed by atoms with E-state index in [-0.39, 0.29) is 18.2 Å². The van der Waals surface area contributed by atoms with Gasteiger partial charge >= 0.3 is 0 Å². The quantitative estimate of drug-likeness (QED) is 0.240. The second-order valence-electron chi connectivity index (χ2n) is 9.58. The van der Waals surface area contributed by atoms with Crippen molar-refractivity contribution >= 4 is 33.5 Å². The van der Waals surface area contributed by atoms with Gasteiger partial charge in [-0.2, -0.15) is 5.10 Å². The standard InChI is InChI=1S/C29H24FN7O2/c1-37(2)15-27(39)33-20-8-18(13-31-14-20)16-3-4-25-24(10-16)28(36-35-25)26-12-23-22(5-6-32-29(23)34-26)17-7-19(30)11-21(38)9-17/h3-14,38H,15H2,1-2H3,(H,32,34)(H,33,39)(H,35,36). The molecule has 1 amide bonds. The van der Waals surface area contributed by atoms with Crippen LogP contribution in [0.5, 0.6) is 5.75 Å². The number of H-pyrrole nitrogens is 2. The van der Waals surface area contributed by atoms with Crippen molar-refractivity contribution in [1.82, 2.24) is 30.0 Å². The molecule has 0 saturated heterocycles. The van der Waals surface area contributed by atoms with E-state index in [0.717, 1.165) is 44.7 Å². The van der Waals surface area contributed by atoms with Crippen LogP contribution in [0.2, 0.25) is 0 Å². The topological polar surface area (TPSA) is 123 Å². The van der Waals surface area contributed by atoms with Crippen molar-refractivity contribution < 1.29 is 14.3 Å². The van der Waals surface area contributed by atoms with E-state index >= 15 is 0 Å². The zero-order chi connectivity index (χ0) is 27.1. The third-order valence-corrected chi connectivity index (χ3v) is 6.36. The number of phenolic OH excluding ortho intramolecular Hbond substituents is 1. The summed E-state index contributed by atoms with van der Waals surface area (Å²) in [4.78, 5) is 26.1. The molecule has 2 aromatic carbocycles. The fourth-order valence-electron chi connectivity index (χ4n) is 4.69. The van der Waals surface area contributed by atoms with Crippen molar-refractivity contribution in [3.05, 3.63) is 79.0 Å². The van der Waals surface area contributed by atoms with E-state index in [4.69, 9.17) is 0 Å². The van der Waals surface area contributed by atoms with Crippen LogP contribution in [0.15, 0.2) is 73.2 Å². The number of phenols is 1. The first-order valence-electron chi connectivity index (χ1n) is 12.2. The third-order valence-electron chi connectivity index (χ3n) is 6.36. The molecule has 0 aliphatic heterocycles. The van der Waals surface area contributed by atoms with E-state index in [0.29, 0.717) is 22.6 Å². The molecule has 39 heavy (non-hydrogen) atoms. The van der Waals surface area contributed by atoms with E-state index in [9.17, 15) is 14.3 Å². The van der Waals surface area contributed by atoms with Crippen LogP contribution in [-0.2, 0) is 4.79 Å². The summed E-state index contributed by atoms with van der Waals surface area (Å²) in [5.41, 5.74) is 6.54. The van der Waals surface area contributed by atoms with Gasteiger partial charge in [0, 0.05) is 34.8 Å². The van der Waals surface area contributed by atoms with Gasteiger partial charge in [0.25, 0.3) is 0 Å². The van der Waals surface area contributed by atoms with Crippen molar-refractivity contribution in [2.75, 3.05) is 26.0 Å². The number of amides is 1. The van der Waals surface area contributed by atoms with Crippen molar-refractivity contribution in [2.24, 2.45) is 0 Å². The largest absolute Gasteiger partial charge is 0.508 e. The number of aromatic nitrogens is 5. The van der Waals surface area contributed by atoms with Crippen LogP contribution in [0.1, 0.15) is 0 Å². The molecule has 9 nitrogen and oxygen atoms in total. The first kappa shape index (κ1) is 24.3. The number of aromatic amines is 2. The van der Waals surface area contributed by atoms with Gasteiger partial charge < -0.3 is 20.3 Å². The Bertz CT molecular complexity index is 1840. The summed E-state index contributed by atoms with van der Waals surface area (Å²) in [7, 11) is 3.67. The summed E-state index contributed by atoms with van der Waals surface area (Å²) in [6.45, 7) is 0.274. The predicted octanol–water partition coefficient (Wildman–Crippen LogP) is 5.18. The first-order chi connectivity index (χ1) is 18.8. The highest BCUT2D eigenvalue weighted by atomic mass is 19.1. The molecule has 0 spiro atoms. The van der Waals surface area contributed by atoms with E-state index in [1.807, 2.05) is 44.4 Å². The summed E-state index contributed by atoms with van der Waals surface area (Å²) in [5, 5.41) is 22.1. The highest BCUT2D eigenvalue weighted by Gasteiger charge is 2.16. The van der Waals surface area contributed by atoms with Crippen molar-refractivity contribution in [3.63, 3.8) is 0 Å². The van der Waals surface area contributed by atoms with E-state index in [1.165, 1.54) is 12.1 Å². The van der Waals surface area contributed by atoms with E-state index < -0.39 is 5.82 Å². The maximum atomic E-state index is 14.0. The molecule has 4 aromatic heterocycles. The Balaban J connectivity index is 1.39. The van der Waals surface area contributed by atoms with E-state index in [2.05, 4.69) is 30.5 Å². The predicted molar refractivity (Wildman–Crippen MR) is 149 cm³/mol. The average molecular weight is 522 g/mol. The molecule has 4 N–H and O–H groups in total. The van der Waals surface area contributed by atoms with Crippen molar-refractivity contribution in [2.45, 2.75) is 0 Å². The molecule has 10 heteroatoms. The van der Waals surface area contributed by atoms with Gasteiger partial charge in [0.05, 0.1) is 29.6 Å². The van der Waals surface area contributed by atoms with Gasteiger partial charge in [-0.25, -0.2) is 9.37 Å². The van der Waals surface area contributed by atoms with Gasteiger partial charge in [-0.3, -0.25) is 14.9 Å². The molecule has 4 heterocycles. The normalized spacial score (nSPS) is 11.5. The minimum absolute atomic E-state index is 0.119. The number of pyridine rings is 2. The van der Waals surface area contributed by atoms with Gasteiger partial charge in [0.15, 0.2) is 0 Å². The summed E-state index contributed by atoms with van der Waals surface area (Å²) >= 11 is 0. The number of rotatable bonds is 6.